The molecule has 2 aromatic heterocycles. The van der Waals surface area contributed by atoms with Crippen LogP contribution in [-0.2, 0) is 17.6 Å². The molecular weight excluding hydrogens is 342 g/mol. The Morgan fingerprint density at radius 3 is 2.85 bits per heavy atom. The highest BCUT2D eigenvalue weighted by atomic mass is 32.1. The van der Waals surface area contributed by atoms with E-state index in [0.717, 1.165) is 39.0 Å². The summed E-state index contributed by atoms with van der Waals surface area (Å²) in [4.78, 5) is 21.1. The standard InChI is InChI=1S/C21H19N3OS/c25-20(13-16-7-3-6-15-5-1-2-8-17(15)16)22-11-10-18-21(24-14-23-18)19-9-4-12-26-19/h1-9,12,14H,10-11,13H2,(H,22,25)(H,23,24). The van der Waals surface area contributed by atoms with Crippen LogP contribution in [0.2, 0.25) is 0 Å². The predicted octanol–water partition coefficient (Wildman–Crippen LogP) is 4.19. The molecule has 0 radical (unpaired) electrons. The summed E-state index contributed by atoms with van der Waals surface area (Å²) in [5.41, 5.74) is 3.09. The average molecular weight is 361 g/mol. The fourth-order valence-corrected chi connectivity index (χ4v) is 3.89. The first-order valence-electron chi connectivity index (χ1n) is 8.61. The Kier molecular flexibility index (Phi) is 4.80. The molecule has 0 saturated heterocycles. The van der Waals surface area contributed by atoms with Crippen molar-refractivity contribution >= 4 is 28.0 Å². The first-order chi connectivity index (χ1) is 12.8. The molecule has 26 heavy (non-hydrogen) atoms. The van der Waals surface area contributed by atoms with E-state index in [-0.39, 0.29) is 5.91 Å². The summed E-state index contributed by atoms with van der Waals surface area (Å²) in [6, 6.07) is 18.3. The van der Waals surface area contributed by atoms with Crippen LogP contribution in [0.4, 0.5) is 0 Å². The summed E-state index contributed by atoms with van der Waals surface area (Å²) in [5.74, 6) is 0.0403. The third-order valence-electron chi connectivity index (χ3n) is 4.40. The molecule has 0 saturated carbocycles. The number of carbonyl (C=O) groups is 1. The monoisotopic (exact) mass is 361 g/mol. The van der Waals surface area contributed by atoms with Crippen molar-refractivity contribution in [3.05, 3.63) is 77.6 Å². The van der Waals surface area contributed by atoms with Crippen molar-refractivity contribution in [2.45, 2.75) is 12.8 Å². The molecule has 0 aliphatic carbocycles. The number of thiophene rings is 1. The van der Waals surface area contributed by atoms with E-state index in [1.54, 1.807) is 17.7 Å². The third kappa shape index (κ3) is 3.53. The highest BCUT2D eigenvalue weighted by molar-refractivity contribution is 7.13. The number of carbonyl (C=O) groups excluding carboxylic acids is 1. The van der Waals surface area contributed by atoms with E-state index < -0.39 is 0 Å². The van der Waals surface area contributed by atoms with Gasteiger partial charge in [0.1, 0.15) is 5.69 Å². The lowest BCUT2D eigenvalue weighted by Crippen LogP contribution is -2.27. The van der Waals surface area contributed by atoms with Gasteiger partial charge in [-0.05, 0) is 27.8 Å². The van der Waals surface area contributed by atoms with Gasteiger partial charge in [-0.2, -0.15) is 0 Å². The lowest BCUT2D eigenvalue weighted by molar-refractivity contribution is -0.120. The first-order valence-corrected chi connectivity index (χ1v) is 9.49. The van der Waals surface area contributed by atoms with Crippen LogP contribution < -0.4 is 5.32 Å². The Labute approximate surface area is 155 Å². The molecule has 5 heteroatoms. The maximum absolute atomic E-state index is 12.4. The molecule has 0 spiro atoms. The summed E-state index contributed by atoms with van der Waals surface area (Å²) in [7, 11) is 0. The molecule has 130 valence electrons. The van der Waals surface area contributed by atoms with Gasteiger partial charge in [0.05, 0.1) is 17.6 Å². The Morgan fingerprint density at radius 1 is 1.08 bits per heavy atom. The maximum Gasteiger partial charge on any atom is 0.224 e. The molecule has 0 atom stereocenters. The molecule has 2 heterocycles. The number of hydrogen-bond donors (Lipinski definition) is 2. The minimum atomic E-state index is 0.0403. The zero-order valence-electron chi connectivity index (χ0n) is 14.2. The highest BCUT2D eigenvalue weighted by Crippen LogP contribution is 2.25. The van der Waals surface area contributed by atoms with E-state index in [9.17, 15) is 4.79 Å². The lowest BCUT2D eigenvalue weighted by atomic mass is 10.0. The number of benzene rings is 2. The van der Waals surface area contributed by atoms with Crippen LogP contribution in [0.25, 0.3) is 21.3 Å². The highest BCUT2D eigenvalue weighted by Gasteiger charge is 2.10. The molecule has 2 aromatic carbocycles. The van der Waals surface area contributed by atoms with Crippen molar-refractivity contribution in [2.24, 2.45) is 0 Å². The predicted molar refractivity (Wildman–Crippen MR) is 106 cm³/mol. The molecule has 0 aliphatic heterocycles. The molecule has 0 bridgehead atoms. The van der Waals surface area contributed by atoms with Crippen molar-refractivity contribution in [1.29, 1.82) is 0 Å². The lowest BCUT2D eigenvalue weighted by Gasteiger charge is -2.08. The minimum Gasteiger partial charge on any atom is -0.355 e. The largest absolute Gasteiger partial charge is 0.355 e. The van der Waals surface area contributed by atoms with Crippen LogP contribution in [0.3, 0.4) is 0 Å². The van der Waals surface area contributed by atoms with Gasteiger partial charge in [-0.3, -0.25) is 4.79 Å². The summed E-state index contributed by atoms with van der Waals surface area (Å²) < 4.78 is 0. The zero-order chi connectivity index (χ0) is 17.8. The number of rotatable bonds is 6. The van der Waals surface area contributed by atoms with E-state index >= 15 is 0 Å². The van der Waals surface area contributed by atoms with Gasteiger partial charge in [0.25, 0.3) is 0 Å². The molecule has 1 amide bonds. The van der Waals surface area contributed by atoms with E-state index in [0.29, 0.717) is 13.0 Å². The molecule has 4 rings (SSSR count). The number of amides is 1. The SMILES string of the molecule is O=C(Cc1cccc2ccccc12)NCCc1[nH]cnc1-c1cccs1. The number of nitrogens with zero attached hydrogens (tertiary/aromatic N) is 1. The smallest absolute Gasteiger partial charge is 0.224 e. The molecule has 0 fully saturated rings. The fourth-order valence-electron chi connectivity index (χ4n) is 3.15. The van der Waals surface area contributed by atoms with Crippen molar-refractivity contribution < 1.29 is 4.79 Å². The van der Waals surface area contributed by atoms with Crippen LogP contribution in [0.1, 0.15) is 11.3 Å². The molecule has 0 unspecified atom stereocenters. The minimum absolute atomic E-state index is 0.0403. The van der Waals surface area contributed by atoms with E-state index in [1.807, 2.05) is 35.7 Å². The number of aromatic amines is 1. The number of H-pyrrole nitrogens is 1. The Balaban J connectivity index is 1.37. The van der Waals surface area contributed by atoms with Gasteiger partial charge in [-0.25, -0.2) is 4.98 Å². The number of nitrogens with one attached hydrogen (secondary N) is 2. The van der Waals surface area contributed by atoms with Gasteiger partial charge in [-0.15, -0.1) is 11.3 Å². The Hall–Kier alpha value is -2.92. The van der Waals surface area contributed by atoms with Gasteiger partial charge in [0.2, 0.25) is 5.91 Å². The summed E-state index contributed by atoms with van der Waals surface area (Å²) in [6.45, 7) is 0.587. The van der Waals surface area contributed by atoms with Gasteiger partial charge in [0, 0.05) is 18.7 Å². The maximum atomic E-state index is 12.4. The quantitative estimate of drug-likeness (QED) is 0.541. The second kappa shape index (κ2) is 7.54. The van der Waals surface area contributed by atoms with E-state index in [2.05, 4.69) is 39.6 Å². The van der Waals surface area contributed by atoms with Crippen LogP contribution in [0.15, 0.2) is 66.3 Å². The Bertz CT molecular complexity index is 1020. The van der Waals surface area contributed by atoms with E-state index in [1.165, 1.54) is 0 Å². The van der Waals surface area contributed by atoms with Crippen LogP contribution in [0, 0.1) is 0 Å². The third-order valence-corrected chi connectivity index (χ3v) is 5.28. The van der Waals surface area contributed by atoms with Crippen LogP contribution in [0.5, 0.6) is 0 Å². The molecule has 2 N–H and O–H groups in total. The molecule has 4 aromatic rings. The van der Waals surface area contributed by atoms with Gasteiger partial charge in [-0.1, -0.05) is 48.5 Å². The second-order valence-corrected chi connectivity index (χ2v) is 7.07. The van der Waals surface area contributed by atoms with Crippen molar-refractivity contribution in [1.82, 2.24) is 15.3 Å². The van der Waals surface area contributed by atoms with Gasteiger partial charge in [0.15, 0.2) is 0 Å². The van der Waals surface area contributed by atoms with Crippen LogP contribution in [-0.4, -0.2) is 22.4 Å². The molecule has 4 nitrogen and oxygen atoms in total. The van der Waals surface area contributed by atoms with Crippen molar-refractivity contribution in [3.63, 3.8) is 0 Å². The molecular formula is C21H19N3OS. The van der Waals surface area contributed by atoms with Gasteiger partial charge >= 0.3 is 0 Å². The average Bonchev–Trinajstić information content (AvgIpc) is 3.33. The fraction of sp³-hybridized carbons (Fsp3) is 0.143. The zero-order valence-corrected chi connectivity index (χ0v) is 15.1. The first kappa shape index (κ1) is 16.5. The normalized spacial score (nSPS) is 10.9. The second-order valence-electron chi connectivity index (χ2n) is 6.12. The summed E-state index contributed by atoms with van der Waals surface area (Å²) in [6.07, 6.45) is 2.83. The van der Waals surface area contributed by atoms with Crippen molar-refractivity contribution in [2.75, 3.05) is 6.54 Å². The number of hydrogen-bond acceptors (Lipinski definition) is 3. The van der Waals surface area contributed by atoms with Gasteiger partial charge < -0.3 is 10.3 Å². The molecule has 0 aliphatic rings. The Morgan fingerprint density at radius 2 is 1.96 bits per heavy atom. The van der Waals surface area contributed by atoms with E-state index in [4.69, 9.17) is 0 Å². The summed E-state index contributed by atoms with van der Waals surface area (Å²) in [5, 5.41) is 7.37. The number of imidazole rings is 1. The summed E-state index contributed by atoms with van der Waals surface area (Å²) >= 11 is 1.67. The topological polar surface area (TPSA) is 57.8 Å². The number of aromatic nitrogens is 2. The van der Waals surface area contributed by atoms with Crippen LogP contribution >= 0.6 is 11.3 Å². The van der Waals surface area contributed by atoms with Crippen molar-refractivity contribution in [3.8, 4) is 10.6 Å². The number of fused-ring (bicyclic) bond motifs is 1.